The van der Waals surface area contributed by atoms with E-state index in [-0.39, 0.29) is 22.9 Å². The van der Waals surface area contributed by atoms with E-state index in [9.17, 15) is 18.9 Å². The van der Waals surface area contributed by atoms with Gasteiger partial charge in [-0.3, -0.25) is 9.13 Å². The second-order valence-electron chi connectivity index (χ2n) is 3.98. The molecule has 0 aromatic heterocycles. The molecule has 17 heavy (non-hydrogen) atoms. The molecule has 0 saturated heterocycles. The molecule has 0 amide bonds. The number of benzene rings is 1. The first-order valence-corrected chi connectivity index (χ1v) is 9.19. The topological polar surface area (TPSA) is 74.6 Å². The van der Waals surface area contributed by atoms with E-state index >= 15 is 0 Å². The van der Waals surface area contributed by atoms with Crippen LogP contribution < -0.4 is 10.6 Å². The third-order valence-corrected chi connectivity index (χ3v) is 7.11. The van der Waals surface area contributed by atoms with Crippen LogP contribution in [0, 0.1) is 6.92 Å². The molecule has 1 rings (SSSR count). The monoisotopic (exact) mass is 276 g/mol. The van der Waals surface area contributed by atoms with Crippen LogP contribution >= 0.6 is 14.7 Å². The van der Waals surface area contributed by atoms with Gasteiger partial charge in [0.05, 0.1) is 5.30 Å². The van der Waals surface area contributed by atoms with Crippen molar-refractivity contribution >= 4 is 25.3 Å². The molecule has 4 nitrogen and oxygen atoms in total. The van der Waals surface area contributed by atoms with E-state index in [1.807, 2.05) is 0 Å². The molecule has 0 saturated carbocycles. The lowest BCUT2D eigenvalue weighted by molar-refractivity contribution is 0.486. The molecular weight excluding hydrogens is 258 g/mol. The van der Waals surface area contributed by atoms with Crippen LogP contribution in [0.15, 0.2) is 18.2 Å². The van der Waals surface area contributed by atoms with Gasteiger partial charge in [-0.2, -0.15) is 0 Å². The zero-order chi connectivity index (χ0) is 13.3. The molecule has 0 aliphatic heterocycles. The smallest absolute Gasteiger partial charge is 0.230 e. The van der Waals surface area contributed by atoms with Crippen molar-refractivity contribution in [1.82, 2.24) is 0 Å². The minimum atomic E-state index is -3.54. The summed E-state index contributed by atoms with van der Waals surface area (Å²) in [5.41, 5.74) is 0.595. The van der Waals surface area contributed by atoms with Gasteiger partial charge in [-0.15, -0.1) is 0 Å². The molecule has 96 valence electrons. The fraction of sp³-hybridized carbons (Fsp3) is 0.455. The normalized spacial score (nSPS) is 18.4. The van der Waals surface area contributed by atoms with Crippen LogP contribution in [0.2, 0.25) is 0 Å². The molecule has 0 fully saturated rings. The van der Waals surface area contributed by atoms with Gasteiger partial charge in [-0.1, -0.05) is 26.0 Å². The van der Waals surface area contributed by atoms with E-state index in [1.54, 1.807) is 32.9 Å². The van der Waals surface area contributed by atoms with Crippen LogP contribution in [0.4, 0.5) is 0 Å². The van der Waals surface area contributed by atoms with Crippen LogP contribution in [-0.2, 0) is 9.13 Å². The Balaban J connectivity index is 3.60. The highest BCUT2D eigenvalue weighted by Gasteiger charge is 2.31. The molecular formula is C11H18O4P2. The molecule has 1 aromatic carbocycles. The summed E-state index contributed by atoms with van der Waals surface area (Å²) in [4.78, 5) is 19.8. The lowest BCUT2D eigenvalue weighted by Crippen LogP contribution is -2.28. The van der Waals surface area contributed by atoms with E-state index in [2.05, 4.69) is 0 Å². The van der Waals surface area contributed by atoms with Crippen molar-refractivity contribution < 1.29 is 18.9 Å². The fourth-order valence-electron chi connectivity index (χ4n) is 1.71. The quantitative estimate of drug-likeness (QED) is 0.823. The number of hydrogen-bond donors (Lipinski definition) is 2. The van der Waals surface area contributed by atoms with Crippen molar-refractivity contribution in [1.29, 1.82) is 0 Å². The molecule has 0 radical (unpaired) electrons. The Morgan fingerprint density at radius 3 is 2.06 bits per heavy atom. The highest BCUT2D eigenvalue weighted by atomic mass is 31.2. The van der Waals surface area contributed by atoms with Crippen LogP contribution in [0.1, 0.15) is 19.4 Å². The van der Waals surface area contributed by atoms with Gasteiger partial charge in [0.15, 0.2) is 0 Å². The Hall–Kier alpha value is -0.400. The first-order valence-electron chi connectivity index (χ1n) is 5.50. The van der Waals surface area contributed by atoms with Gasteiger partial charge in [0.25, 0.3) is 0 Å². The van der Waals surface area contributed by atoms with Gasteiger partial charge >= 0.3 is 0 Å². The van der Waals surface area contributed by atoms with E-state index in [0.29, 0.717) is 5.56 Å². The Bertz CT molecular complexity index is 510. The van der Waals surface area contributed by atoms with Gasteiger partial charge in [0.2, 0.25) is 14.7 Å². The van der Waals surface area contributed by atoms with Crippen molar-refractivity contribution in [2.75, 3.05) is 12.3 Å². The van der Waals surface area contributed by atoms with E-state index < -0.39 is 14.7 Å². The predicted octanol–water partition coefficient (Wildman–Crippen LogP) is 1.83. The van der Waals surface area contributed by atoms with Crippen LogP contribution in [0.5, 0.6) is 0 Å². The number of rotatable bonds is 4. The Kier molecular flexibility index (Phi) is 4.38. The summed E-state index contributed by atoms with van der Waals surface area (Å²) in [5.74, 6) is 0. The summed E-state index contributed by atoms with van der Waals surface area (Å²) < 4.78 is 24.2. The Morgan fingerprint density at radius 1 is 1.06 bits per heavy atom. The highest BCUT2D eigenvalue weighted by Crippen LogP contribution is 2.45. The van der Waals surface area contributed by atoms with Gasteiger partial charge < -0.3 is 9.79 Å². The molecule has 6 heteroatoms. The first-order chi connectivity index (χ1) is 7.76. The van der Waals surface area contributed by atoms with Crippen LogP contribution in [0.25, 0.3) is 0 Å². The summed E-state index contributed by atoms with van der Waals surface area (Å²) in [6, 6.07) is 4.81. The maximum atomic E-state index is 12.1. The highest BCUT2D eigenvalue weighted by molar-refractivity contribution is 7.72. The third kappa shape index (κ3) is 2.89. The van der Waals surface area contributed by atoms with Crippen molar-refractivity contribution in [2.45, 2.75) is 20.8 Å². The maximum Gasteiger partial charge on any atom is 0.230 e. The van der Waals surface area contributed by atoms with Crippen LogP contribution in [0.3, 0.4) is 0 Å². The SMILES string of the molecule is CCP(=O)(O)c1cccc(C)c1P(=O)(O)CC. The van der Waals surface area contributed by atoms with E-state index in [1.165, 1.54) is 6.07 Å². The number of aryl methyl sites for hydroxylation is 1. The maximum absolute atomic E-state index is 12.1. The van der Waals surface area contributed by atoms with Crippen molar-refractivity contribution in [3.63, 3.8) is 0 Å². The zero-order valence-electron chi connectivity index (χ0n) is 10.3. The molecule has 2 atom stereocenters. The molecule has 0 heterocycles. The van der Waals surface area contributed by atoms with E-state index in [4.69, 9.17) is 0 Å². The number of hydrogen-bond acceptors (Lipinski definition) is 2. The molecule has 2 N–H and O–H groups in total. The second kappa shape index (κ2) is 5.07. The van der Waals surface area contributed by atoms with Gasteiger partial charge in [-0.25, -0.2) is 0 Å². The fourth-order valence-corrected chi connectivity index (χ4v) is 5.19. The van der Waals surface area contributed by atoms with Crippen molar-refractivity contribution in [3.8, 4) is 0 Å². The predicted molar refractivity (Wildman–Crippen MR) is 71.2 cm³/mol. The van der Waals surface area contributed by atoms with E-state index in [0.717, 1.165) is 0 Å². The summed E-state index contributed by atoms with van der Waals surface area (Å²) in [6.45, 7) is 4.89. The molecule has 0 spiro atoms. The first kappa shape index (κ1) is 14.7. The summed E-state index contributed by atoms with van der Waals surface area (Å²) in [5, 5.41) is 0.294. The Labute approximate surface area is 102 Å². The summed E-state index contributed by atoms with van der Waals surface area (Å²) >= 11 is 0. The third-order valence-electron chi connectivity index (χ3n) is 2.80. The lowest BCUT2D eigenvalue weighted by atomic mass is 10.2. The van der Waals surface area contributed by atoms with Gasteiger partial charge in [-0.05, 0) is 18.6 Å². The average Bonchev–Trinajstić information content (AvgIpc) is 2.28. The van der Waals surface area contributed by atoms with Gasteiger partial charge in [0, 0.05) is 17.6 Å². The van der Waals surface area contributed by atoms with Crippen molar-refractivity contribution in [3.05, 3.63) is 23.8 Å². The zero-order valence-corrected chi connectivity index (χ0v) is 12.0. The molecule has 0 aliphatic carbocycles. The van der Waals surface area contributed by atoms with Crippen LogP contribution in [-0.4, -0.2) is 22.1 Å². The summed E-state index contributed by atoms with van der Waals surface area (Å²) in [6.07, 6.45) is 0.127. The van der Waals surface area contributed by atoms with Gasteiger partial charge in [0.1, 0.15) is 0 Å². The molecule has 0 bridgehead atoms. The standard InChI is InChI=1S/C11H18O4P2/c1-4-16(12,13)10-8-6-7-9(3)11(10)17(14,15)5-2/h6-8H,4-5H2,1-3H3,(H,12,13)(H,14,15). The lowest BCUT2D eigenvalue weighted by Gasteiger charge is -2.19. The summed E-state index contributed by atoms with van der Waals surface area (Å²) in [7, 11) is -7.08. The largest absolute Gasteiger partial charge is 0.341 e. The Morgan fingerprint density at radius 2 is 1.59 bits per heavy atom. The molecule has 0 aliphatic rings. The molecule has 2 unspecified atom stereocenters. The molecule has 1 aromatic rings. The second-order valence-corrected chi connectivity index (χ2v) is 8.98. The average molecular weight is 276 g/mol. The minimum absolute atomic E-state index is 0.0627. The van der Waals surface area contributed by atoms with Crippen molar-refractivity contribution in [2.24, 2.45) is 0 Å². The minimum Gasteiger partial charge on any atom is -0.341 e.